The predicted molar refractivity (Wildman–Crippen MR) is 104 cm³/mol. The molecule has 1 aromatic heterocycles. The molecule has 2 aromatic rings. The molecule has 2 aliphatic rings. The molecule has 0 radical (unpaired) electrons. The Hall–Kier alpha value is -2.63. The summed E-state index contributed by atoms with van der Waals surface area (Å²) in [4.78, 5) is 23.1. The zero-order valence-electron chi connectivity index (χ0n) is 15.6. The van der Waals surface area contributed by atoms with Crippen LogP contribution in [0.3, 0.4) is 0 Å². The average Bonchev–Trinajstić information content (AvgIpc) is 3.20. The lowest BCUT2D eigenvalue weighted by Crippen LogP contribution is -2.42. The highest BCUT2D eigenvalue weighted by atomic mass is 16.5. The van der Waals surface area contributed by atoms with Gasteiger partial charge in [-0.05, 0) is 61.4 Å². The molecule has 4 rings (SSSR count). The third-order valence-corrected chi connectivity index (χ3v) is 5.44. The number of hydrogen-bond donors (Lipinski definition) is 1. The molecule has 27 heavy (non-hydrogen) atoms. The van der Waals surface area contributed by atoms with Crippen LogP contribution in [0.5, 0.6) is 5.75 Å². The second-order valence-electron chi connectivity index (χ2n) is 7.23. The zero-order chi connectivity index (χ0) is 18.5. The van der Waals surface area contributed by atoms with Gasteiger partial charge in [-0.15, -0.1) is 0 Å². The molecule has 0 spiro atoms. The summed E-state index contributed by atoms with van der Waals surface area (Å²) in [6, 6.07) is 8.16. The Morgan fingerprint density at radius 1 is 1.15 bits per heavy atom. The topological polar surface area (TPSA) is 67.3 Å². The first-order valence-electron chi connectivity index (χ1n) is 9.84. The van der Waals surface area contributed by atoms with E-state index >= 15 is 0 Å². The minimum Gasteiger partial charge on any atom is -0.492 e. The van der Waals surface area contributed by atoms with Crippen molar-refractivity contribution in [1.29, 1.82) is 0 Å². The maximum Gasteiger partial charge on any atom is 0.225 e. The van der Waals surface area contributed by atoms with Gasteiger partial charge in [0.05, 0.1) is 6.54 Å². The maximum atomic E-state index is 12.4. The molecule has 1 saturated heterocycles. The molecular weight excluding hydrogens is 340 g/mol. The van der Waals surface area contributed by atoms with Gasteiger partial charge in [-0.3, -0.25) is 4.79 Å². The molecule has 0 saturated carbocycles. The van der Waals surface area contributed by atoms with Crippen molar-refractivity contribution >= 4 is 11.9 Å². The molecule has 1 aliphatic carbocycles. The average molecular weight is 366 g/mol. The number of hydrogen-bond acceptors (Lipinski definition) is 5. The van der Waals surface area contributed by atoms with Crippen molar-refractivity contribution in [2.75, 3.05) is 31.1 Å². The molecule has 142 valence electrons. The van der Waals surface area contributed by atoms with E-state index in [1.807, 2.05) is 12.1 Å². The third-order valence-electron chi connectivity index (χ3n) is 5.44. The number of nitrogens with zero attached hydrogens (tertiary/aromatic N) is 3. The van der Waals surface area contributed by atoms with Gasteiger partial charge in [-0.2, -0.15) is 0 Å². The highest BCUT2D eigenvalue weighted by molar-refractivity contribution is 5.78. The van der Waals surface area contributed by atoms with E-state index in [0.29, 0.717) is 13.2 Å². The van der Waals surface area contributed by atoms with Crippen LogP contribution in [0.2, 0.25) is 0 Å². The maximum absolute atomic E-state index is 12.4. The number of ether oxygens (including phenoxy) is 1. The van der Waals surface area contributed by atoms with E-state index in [2.05, 4.69) is 32.3 Å². The second kappa shape index (κ2) is 8.37. The van der Waals surface area contributed by atoms with Gasteiger partial charge in [0.2, 0.25) is 11.9 Å². The Kier molecular flexibility index (Phi) is 5.51. The molecule has 1 N–H and O–H groups in total. The van der Waals surface area contributed by atoms with E-state index in [1.165, 1.54) is 24.0 Å². The van der Waals surface area contributed by atoms with Crippen molar-refractivity contribution in [1.82, 2.24) is 15.3 Å². The van der Waals surface area contributed by atoms with Crippen LogP contribution in [0.25, 0.3) is 0 Å². The summed E-state index contributed by atoms with van der Waals surface area (Å²) in [5.74, 6) is 1.84. The Balaban J connectivity index is 1.17. The third kappa shape index (κ3) is 4.38. The normalized spacial score (nSPS) is 16.8. The number of aromatic nitrogens is 2. The Labute approximate surface area is 160 Å². The minimum atomic E-state index is 0.0601. The Morgan fingerprint density at radius 2 is 1.93 bits per heavy atom. The number of aryl methyl sites for hydroxylation is 2. The first-order valence-corrected chi connectivity index (χ1v) is 9.84. The first kappa shape index (κ1) is 17.8. The van der Waals surface area contributed by atoms with E-state index in [-0.39, 0.29) is 11.8 Å². The number of fused-ring (bicyclic) bond motifs is 1. The number of nitrogens with one attached hydrogen (secondary N) is 1. The Bertz CT molecular complexity index is 773. The first-order chi connectivity index (χ1) is 13.3. The fraction of sp³-hybridized carbons (Fsp3) is 0.476. The van der Waals surface area contributed by atoms with Crippen LogP contribution >= 0.6 is 0 Å². The standard InChI is InChI=1S/C21H26N4O2/c26-20(17-7-12-25(13-8-17)21-23-9-2-10-24-21)22-11-14-27-19-6-5-16-3-1-4-18(16)15-19/h2,5-6,9-10,15,17H,1,3-4,7-8,11-14H2,(H,22,26). The van der Waals surface area contributed by atoms with Gasteiger partial charge in [0.1, 0.15) is 12.4 Å². The number of carbonyl (C=O) groups is 1. The molecule has 0 atom stereocenters. The SMILES string of the molecule is O=C(NCCOc1ccc2c(c1)CCC2)C1CCN(c2ncccn2)CC1. The van der Waals surface area contributed by atoms with Gasteiger partial charge in [0.15, 0.2) is 0 Å². The van der Waals surface area contributed by atoms with Crippen LogP contribution in [0, 0.1) is 5.92 Å². The number of amides is 1. The smallest absolute Gasteiger partial charge is 0.225 e. The fourth-order valence-electron chi connectivity index (χ4n) is 3.92. The van der Waals surface area contributed by atoms with E-state index in [0.717, 1.165) is 44.0 Å². The number of piperidine rings is 1. The predicted octanol–water partition coefficient (Wildman–Crippen LogP) is 2.38. The second-order valence-corrected chi connectivity index (χ2v) is 7.23. The van der Waals surface area contributed by atoms with Gasteiger partial charge in [-0.25, -0.2) is 9.97 Å². The van der Waals surface area contributed by atoms with Gasteiger partial charge in [0.25, 0.3) is 0 Å². The summed E-state index contributed by atoms with van der Waals surface area (Å²) in [7, 11) is 0. The summed E-state index contributed by atoms with van der Waals surface area (Å²) in [5.41, 5.74) is 2.86. The minimum absolute atomic E-state index is 0.0601. The lowest BCUT2D eigenvalue weighted by molar-refractivity contribution is -0.125. The van der Waals surface area contributed by atoms with Crippen LogP contribution in [0.15, 0.2) is 36.7 Å². The summed E-state index contributed by atoms with van der Waals surface area (Å²) < 4.78 is 5.80. The van der Waals surface area contributed by atoms with E-state index < -0.39 is 0 Å². The van der Waals surface area contributed by atoms with E-state index in [9.17, 15) is 4.79 Å². The lowest BCUT2D eigenvalue weighted by atomic mass is 9.96. The van der Waals surface area contributed by atoms with Crippen molar-refractivity contribution in [2.24, 2.45) is 5.92 Å². The molecule has 1 amide bonds. The molecule has 2 heterocycles. The molecule has 6 nitrogen and oxygen atoms in total. The number of benzene rings is 1. The lowest BCUT2D eigenvalue weighted by Gasteiger charge is -2.31. The van der Waals surface area contributed by atoms with Crippen LogP contribution in [0.4, 0.5) is 5.95 Å². The molecule has 1 aliphatic heterocycles. The van der Waals surface area contributed by atoms with Crippen LogP contribution in [-0.2, 0) is 17.6 Å². The molecule has 1 aromatic carbocycles. The van der Waals surface area contributed by atoms with Crippen molar-refractivity contribution in [3.05, 3.63) is 47.8 Å². The monoisotopic (exact) mass is 366 g/mol. The van der Waals surface area contributed by atoms with Crippen molar-refractivity contribution in [3.8, 4) is 5.75 Å². The van der Waals surface area contributed by atoms with Crippen LogP contribution in [-0.4, -0.2) is 42.1 Å². The Morgan fingerprint density at radius 3 is 2.74 bits per heavy atom. The van der Waals surface area contributed by atoms with Gasteiger partial charge < -0.3 is 15.0 Å². The van der Waals surface area contributed by atoms with Gasteiger partial charge in [0, 0.05) is 31.4 Å². The fourth-order valence-corrected chi connectivity index (χ4v) is 3.92. The summed E-state index contributed by atoms with van der Waals surface area (Å²) in [5, 5.41) is 3.02. The van der Waals surface area contributed by atoms with Crippen LogP contribution in [0.1, 0.15) is 30.4 Å². The largest absolute Gasteiger partial charge is 0.492 e. The molecular formula is C21H26N4O2. The van der Waals surface area contributed by atoms with Gasteiger partial charge >= 0.3 is 0 Å². The molecule has 0 unspecified atom stereocenters. The van der Waals surface area contributed by atoms with Gasteiger partial charge in [-0.1, -0.05) is 6.07 Å². The van der Waals surface area contributed by atoms with Crippen molar-refractivity contribution in [2.45, 2.75) is 32.1 Å². The van der Waals surface area contributed by atoms with Crippen LogP contribution < -0.4 is 15.0 Å². The number of carbonyl (C=O) groups excluding carboxylic acids is 1. The quantitative estimate of drug-likeness (QED) is 0.795. The highest BCUT2D eigenvalue weighted by Gasteiger charge is 2.25. The molecule has 6 heteroatoms. The van der Waals surface area contributed by atoms with Crippen molar-refractivity contribution < 1.29 is 9.53 Å². The van der Waals surface area contributed by atoms with E-state index in [4.69, 9.17) is 4.74 Å². The van der Waals surface area contributed by atoms with Crippen molar-refractivity contribution in [3.63, 3.8) is 0 Å². The number of anilines is 1. The number of rotatable bonds is 6. The zero-order valence-corrected chi connectivity index (χ0v) is 15.6. The summed E-state index contributed by atoms with van der Waals surface area (Å²) in [6.45, 7) is 2.67. The van der Waals surface area contributed by atoms with E-state index in [1.54, 1.807) is 12.4 Å². The molecule has 0 bridgehead atoms. The summed E-state index contributed by atoms with van der Waals surface area (Å²) in [6.07, 6.45) is 8.73. The highest BCUT2D eigenvalue weighted by Crippen LogP contribution is 2.26. The molecule has 1 fully saturated rings. The summed E-state index contributed by atoms with van der Waals surface area (Å²) >= 11 is 0.